The third kappa shape index (κ3) is 1.86. The molecule has 0 spiro atoms. The van der Waals surface area contributed by atoms with Crippen LogP contribution in [0.3, 0.4) is 0 Å². The number of fused-ring (bicyclic) bond motifs is 1. The van der Waals surface area contributed by atoms with Crippen molar-refractivity contribution in [1.82, 2.24) is 9.97 Å². The Kier molecular flexibility index (Phi) is 2.67. The number of morpholine rings is 1. The van der Waals surface area contributed by atoms with Crippen LogP contribution >= 0.6 is 22.9 Å². The normalized spacial score (nSPS) is 16.9. The molecule has 6 heteroatoms. The minimum atomic E-state index is 0.518. The minimum absolute atomic E-state index is 0.518. The van der Waals surface area contributed by atoms with E-state index in [4.69, 9.17) is 16.3 Å². The molecule has 0 amide bonds. The molecule has 4 nitrogen and oxygen atoms in total. The second kappa shape index (κ2) is 4.16. The van der Waals surface area contributed by atoms with Crippen molar-refractivity contribution in [3.05, 3.63) is 17.4 Å². The molecule has 16 heavy (non-hydrogen) atoms. The lowest BCUT2D eigenvalue weighted by molar-refractivity contribution is 0.122. The largest absolute Gasteiger partial charge is 0.378 e. The number of nitrogens with zero attached hydrogens (tertiary/aromatic N) is 3. The standard InChI is InChI=1S/C10H10ClN3OS/c11-9-5-8-7(6-12-9)13-10(16-8)14-1-3-15-4-2-14/h5-6H,1-4H2. The second-order valence-electron chi connectivity index (χ2n) is 3.57. The Morgan fingerprint density at radius 2 is 2.19 bits per heavy atom. The van der Waals surface area contributed by atoms with Gasteiger partial charge in [-0.15, -0.1) is 0 Å². The summed E-state index contributed by atoms with van der Waals surface area (Å²) in [6, 6.07) is 1.86. The van der Waals surface area contributed by atoms with E-state index in [1.165, 1.54) is 0 Å². The second-order valence-corrected chi connectivity index (χ2v) is 4.97. The van der Waals surface area contributed by atoms with Crippen LogP contribution < -0.4 is 4.90 Å². The molecule has 1 fully saturated rings. The highest BCUT2D eigenvalue weighted by Gasteiger charge is 2.15. The molecule has 2 aromatic rings. The predicted octanol–water partition coefficient (Wildman–Crippen LogP) is 2.18. The van der Waals surface area contributed by atoms with Gasteiger partial charge in [0.25, 0.3) is 0 Å². The maximum atomic E-state index is 5.85. The zero-order valence-electron chi connectivity index (χ0n) is 8.52. The summed E-state index contributed by atoms with van der Waals surface area (Å²) in [7, 11) is 0. The zero-order chi connectivity index (χ0) is 11.0. The fourth-order valence-electron chi connectivity index (χ4n) is 1.69. The van der Waals surface area contributed by atoms with Gasteiger partial charge in [-0.1, -0.05) is 22.9 Å². The maximum Gasteiger partial charge on any atom is 0.186 e. The van der Waals surface area contributed by atoms with Gasteiger partial charge in [0, 0.05) is 13.1 Å². The number of pyridine rings is 1. The summed E-state index contributed by atoms with van der Waals surface area (Å²) in [5, 5.41) is 1.55. The molecular weight excluding hydrogens is 246 g/mol. The highest BCUT2D eigenvalue weighted by atomic mass is 35.5. The van der Waals surface area contributed by atoms with E-state index >= 15 is 0 Å². The van der Waals surface area contributed by atoms with Crippen molar-refractivity contribution in [2.75, 3.05) is 31.2 Å². The van der Waals surface area contributed by atoms with E-state index in [1.807, 2.05) is 6.07 Å². The van der Waals surface area contributed by atoms with E-state index < -0.39 is 0 Å². The average molecular weight is 256 g/mol. The first-order valence-electron chi connectivity index (χ1n) is 5.08. The van der Waals surface area contributed by atoms with E-state index in [-0.39, 0.29) is 0 Å². The SMILES string of the molecule is Clc1cc2sc(N3CCOCC3)nc2cn1. The Hall–Kier alpha value is -0.910. The molecule has 0 aliphatic carbocycles. The van der Waals surface area contributed by atoms with Crippen LogP contribution in [0.5, 0.6) is 0 Å². The smallest absolute Gasteiger partial charge is 0.186 e. The first kappa shape index (κ1) is 10.3. The van der Waals surface area contributed by atoms with Crippen LogP contribution in [-0.4, -0.2) is 36.3 Å². The van der Waals surface area contributed by atoms with E-state index in [1.54, 1.807) is 17.5 Å². The summed E-state index contributed by atoms with van der Waals surface area (Å²) in [4.78, 5) is 10.8. The summed E-state index contributed by atoms with van der Waals surface area (Å²) in [6.07, 6.45) is 1.72. The van der Waals surface area contributed by atoms with Gasteiger partial charge in [-0.25, -0.2) is 9.97 Å². The fraction of sp³-hybridized carbons (Fsp3) is 0.400. The Labute approximate surface area is 102 Å². The van der Waals surface area contributed by atoms with E-state index in [2.05, 4.69) is 14.9 Å². The number of anilines is 1. The van der Waals surface area contributed by atoms with Gasteiger partial charge in [0.2, 0.25) is 0 Å². The number of halogens is 1. The first-order valence-corrected chi connectivity index (χ1v) is 6.27. The minimum Gasteiger partial charge on any atom is -0.378 e. The molecule has 2 aromatic heterocycles. The van der Waals surface area contributed by atoms with E-state index in [0.717, 1.165) is 41.7 Å². The third-order valence-corrected chi connectivity index (χ3v) is 3.80. The Bertz CT molecular complexity index is 510. The Balaban J connectivity index is 1.97. The summed E-state index contributed by atoms with van der Waals surface area (Å²) in [5.41, 5.74) is 0.913. The van der Waals surface area contributed by atoms with Gasteiger partial charge in [0.15, 0.2) is 5.13 Å². The molecule has 1 aliphatic heterocycles. The van der Waals surface area contributed by atoms with Gasteiger partial charge in [-0.05, 0) is 6.07 Å². The quantitative estimate of drug-likeness (QED) is 0.732. The fourth-order valence-corrected chi connectivity index (χ4v) is 2.93. The molecule has 3 rings (SSSR count). The monoisotopic (exact) mass is 255 g/mol. The number of rotatable bonds is 1. The van der Waals surface area contributed by atoms with Crippen molar-refractivity contribution in [2.24, 2.45) is 0 Å². The zero-order valence-corrected chi connectivity index (χ0v) is 10.1. The molecule has 0 saturated carbocycles. The molecule has 84 valence electrons. The number of ether oxygens (including phenoxy) is 1. The van der Waals surface area contributed by atoms with Gasteiger partial charge in [0.1, 0.15) is 10.7 Å². The molecule has 0 unspecified atom stereocenters. The lowest BCUT2D eigenvalue weighted by Crippen LogP contribution is -2.36. The topological polar surface area (TPSA) is 38.2 Å². The molecule has 1 aliphatic rings. The maximum absolute atomic E-state index is 5.85. The van der Waals surface area contributed by atoms with Crippen LogP contribution in [0.4, 0.5) is 5.13 Å². The van der Waals surface area contributed by atoms with Gasteiger partial charge in [-0.3, -0.25) is 0 Å². The lowest BCUT2D eigenvalue weighted by Gasteiger charge is -2.25. The third-order valence-electron chi connectivity index (χ3n) is 2.51. The van der Waals surface area contributed by atoms with Gasteiger partial charge < -0.3 is 9.64 Å². The van der Waals surface area contributed by atoms with Gasteiger partial charge >= 0.3 is 0 Å². The lowest BCUT2D eigenvalue weighted by atomic mass is 10.4. The molecule has 0 N–H and O–H groups in total. The molecule has 0 radical (unpaired) electrons. The van der Waals surface area contributed by atoms with Crippen LogP contribution in [0.15, 0.2) is 12.3 Å². The molecule has 3 heterocycles. The predicted molar refractivity (Wildman–Crippen MR) is 65.5 cm³/mol. The Morgan fingerprint density at radius 3 is 3.00 bits per heavy atom. The molecular formula is C10H10ClN3OS. The first-order chi connectivity index (χ1) is 7.83. The summed E-state index contributed by atoms with van der Waals surface area (Å²) >= 11 is 7.50. The Morgan fingerprint density at radius 1 is 1.38 bits per heavy atom. The number of hydrogen-bond donors (Lipinski definition) is 0. The highest BCUT2D eigenvalue weighted by molar-refractivity contribution is 7.22. The van der Waals surface area contributed by atoms with Crippen LogP contribution in [0.25, 0.3) is 10.2 Å². The molecule has 0 bridgehead atoms. The van der Waals surface area contributed by atoms with Crippen molar-refractivity contribution in [2.45, 2.75) is 0 Å². The van der Waals surface area contributed by atoms with Gasteiger partial charge in [0.05, 0.1) is 24.1 Å². The average Bonchev–Trinajstić information content (AvgIpc) is 2.73. The number of thiazole rings is 1. The van der Waals surface area contributed by atoms with Crippen LogP contribution in [0, 0.1) is 0 Å². The number of aromatic nitrogens is 2. The van der Waals surface area contributed by atoms with Crippen molar-refractivity contribution in [1.29, 1.82) is 0 Å². The van der Waals surface area contributed by atoms with Crippen molar-refractivity contribution in [3.8, 4) is 0 Å². The van der Waals surface area contributed by atoms with E-state index in [0.29, 0.717) is 5.15 Å². The van der Waals surface area contributed by atoms with Crippen LogP contribution in [0.2, 0.25) is 5.15 Å². The summed E-state index contributed by atoms with van der Waals surface area (Å²) in [5.74, 6) is 0. The van der Waals surface area contributed by atoms with Crippen molar-refractivity contribution < 1.29 is 4.74 Å². The van der Waals surface area contributed by atoms with Crippen LogP contribution in [0.1, 0.15) is 0 Å². The highest BCUT2D eigenvalue weighted by Crippen LogP contribution is 2.29. The van der Waals surface area contributed by atoms with Crippen LogP contribution in [-0.2, 0) is 4.74 Å². The summed E-state index contributed by atoms with van der Waals surface area (Å²) in [6.45, 7) is 3.35. The molecule has 0 aromatic carbocycles. The molecule has 0 atom stereocenters. The van der Waals surface area contributed by atoms with Gasteiger partial charge in [-0.2, -0.15) is 0 Å². The summed E-state index contributed by atoms with van der Waals surface area (Å²) < 4.78 is 6.40. The van der Waals surface area contributed by atoms with Crippen molar-refractivity contribution in [3.63, 3.8) is 0 Å². The van der Waals surface area contributed by atoms with Crippen molar-refractivity contribution >= 4 is 38.3 Å². The number of hydrogen-bond acceptors (Lipinski definition) is 5. The molecule has 1 saturated heterocycles. The van der Waals surface area contributed by atoms with E-state index in [9.17, 15) is 0 Å².